The Morgan fingerprint density at radius 2 is 1.94 bits per heavy atom. The van der Waals surface area contributed by atoms with Crippen LogP contribution in [-0.2, 0) is 25.7 Å². The first-order valence-corrected chi connectivity index (χ1v) is 11.0. The Bertz CT molecular complexity index is 1290. The van der Waals surface area contributed by atoms with Crippen molar-refractivity contribution in [3.05, 3.63) is 64.5 Å². The Morgan fingerprint density at radius 1 is 1.12 bits per heavy atom. The first-order chi connectivity index (χ1) is 15.9. The molecule has 0 saturated heterocycles. The molecule has 1 aromatic heterocycles. The number of para-hydroxylation sites is 1. The molecule has 0 fully saturated rings. The lowest BCUT2D eigenvalue weighted by molar-refractivity contribution is -0.145. The highest BCUT2D eigenvalue weighted by molar-refractivity contribution is 8.01. The lowest BCUT2D eigenvalue weighted by Gasteiger charge is -2.23. The van der Waals surface area contributed by atoms with E-state index in [4.69, 9.17) is 13.9 Å². The van der Waals surface area contributed by atoms with E-state index in [2.05, 4.69) is 10.6 Å². The maximum atomic E-state index is 12.4. The number of rotatable bonds is 6. The predicted molar refractivity (Wildman–Crippen MR) is 122 cm³/mol. The van der Waals surface area contributed by atoms with Crippen molar-refractivity contribution in [1.29, 1.82) is 0 Å². The van der Waals surface area contributed by atoms with Gasteiger partial charge in [-0.1, -0.05) is 12.1 Å². The van der Waals surface area contributed by atoms with Crippen LogP contribution in [0.1, 0.15) is 18.9 Å². The van der Waals surface area contributed by atoms with Crippen LogP contribution >= 0.6 is 11.8 Å². The van der Waals surface area contributed by atoms with E-state index < -0.39 is 22.9 Å². The Labute approximate surface area is 192 Å². The molecule has 2 aromatic carbocycles. The van der Waals surface area contributed by atoms with Crippen LogP contribution in [0.3, 0.4) is 0 Å². The summed E-state index contributed by atoms with van der Waals surface area (Å²) in [5, 5.41) is 5.26. The van der Waals surface area contributed by atoms with Crippen LogP contribution in [0.5, 0.6) is 0 Å². The van der Waals surface area contributed by atoms with E-state index in [0.717, 1.165) is 10.6 Å². The standard InChI is InChI=1S/C23H20N2O7S/c1-2-30-23(29)24-14-7-8-15-13(9-21(27)32-17(15)10-14)12-31-20(26)11-19-22(28)25-16-5-3-4-6-18(16)33-19/h3-10,19H,2,11-12H2,1H3,(H,24,29)(H,25,28)/t19-/m0/s1. The normalized spacial score (nSPS) is 14.8. The lowest BCUT2D eigenvalue weighted by atomic mass is 10.1. The molecular formula is C23H20N2O7S. The molecule has 1 aliphatic heterocycles. The highest BCUT2D eigenvalue weighted by Gasteiger charge is 2.29. The molecule has 4 rings (SSSR count). The fraction of sp³-hybridized carbons (Fsp3) is 0.217. The highest BCUT2D eigenvalue weighted by Crippen LogP contribution is 2.36. The zero-order valence-corrected chi connectivity index (χ0v) is 18.4. The van der Waals surface area contributed by atoms with Crippen LogP contribution < -0.4 is 16.3 Å². The number of thioether (sulfide) groups is 1. The van der Waals surface area contributed by atoms with Crippen molar-refractivity contribution in [3.63, 3.8) is 0 Å². The number of nitrogens with one attached hydrogen (secondary N) is 2. The number of fused-ring (bicyclic) bond motifs is 2. The predicted octanol–water partition coefficient (Wildman–Crippen LogP) is 3.91. The van der Waals surface area contributed by atoms with E-state index in [0.29, 0.717) is 16.6 Å². The van der Waals surface area contributed by atoms with Gasteiger partial charge >= 0.3 is 17.7 Å². The molecular weight excluding hydrogens is 448 g/mol. The first-order valence-electron chi connectivity index (χ1n) is 10.2. The third-order valence-electron chi connectivity index (χ3n) is 4.80. The van der Waals surface area contributed by atoms with Crippen molar-refractivity contribution in [2.45, 2.75) is 30.1 Å². The second kappa shape index (κ2) is 9.78. The van der Waals surface area contributed by atoms with E-state index >= 15 is 0 Å². The molecule has 0 spiro atoms. The molecule has 0 radical (unpaired) electrons. The van der Waals surface area contributed by atoms with Gasteiger partial charge < -0.3 is 19.2 Å². The zero-order chi connectivity index (χ0) is 23.4. The second-order valence-corrected chi connectivity index (χ2v) is 8.35. The molecule has 2 amide bonds. The first kappa shape index (κ1) is 22.4. The molecule has 170 valence electrons. The van der Waals surface area contributed by atoms with E-state index in [1.807, 2.05) is 18.2 Å². The Morgan fingerprint density at radius 3 is 2.76 bits per heavy atom. The monoisotopic (exact) mass is 468 g/mol. The molecule has 10 heteroatoms. The molecule has 9 nitrogen and oxygen atoms in total. The average molecular weight is 468 g/mol. The number of hydrogen-bond donors (Lipinski definition) is 2. The number of carbonyl (C=O) groups is 3. The lowest BCUT2D eigenvalue weighted by Crippen LogP contribution is -2.31. The Hall–Kier alpha value is -3.79. The van der Waals surface area contributed by atoms with Crippen molar-refractivity contribution < 1.29 is 28.3 Å². The fourth-order valence-corrected chi connectivity index (χ4v) is 4.40. The quantitative estimate of drug-likeness (QED) is 0.412. The summed E-state index contributed by atoms with van der Waals surface area (Å²) in [4.78, 5) is 49.2. The van der Waals surface area contributed by atoms with Gasteiger partial charge in [-0.25, -0.2) is 9.59 Å². The van der Waals surface area contributed by atoms with Crippen molar-refractivity contribution in [3.8, 4) is 0 Å². The topological polar surface area (TPSA) is 124 Å². The number of ether oxygens (including phenoxy) is 2. The van der Waals surface area contributed by atoms with E-state index in [9.17, 15) is 19.2 Å². The maximum Gasteiger partial charge on any atom is 0.411 e. The van der Waals surface area contributed by atoms with Gasteiger partial charge in [-0.05, 0) is 31.2 Å². The van der Waals surface area contributed by atoms with E-state index in [1.165, 1.54) is 23.9 Å². The minimum atomic E-state index is -0.628. The summed E-state index contributed by atoms with van der Waals surface area (Å²) in [5.41, 5.74) is 1.15. The van der Waals surface area contributed by atoms with Gasteiger partial charge in [0.25, 0.3) is 0 Å². The van der Waals surface area contributed by atoms with Gasteiger partial charge in [0.2, 0.25) is 5.91 Å². The maximum absolute atomic E-state index is 12.4. The SMILES string of the molecule is CCOC(=O)Nc1ccc2c(COC(=O)C[C@@H]3Sc4ccccc4NC3=O)cc(=O)oc2c1. The average Bonchev–Trinajstić information content (AvgIpc) is 2.77. The highest BCUT2D eigenvalue weighted by atomic mass is 32.2. The number of anilines is 2. The van der Waals surface area contributed by atoms with Crippen LogP contribution in [-0.4, -0.2) is 29.8 Å². The Balaban J connectivity index is 1.43. The summed E-state index contributed by atoms with van der Waals surface area (Å²) in [6.07, 6.45) is -0.741. The molecule has 3 aromatic rings. The minimum Gasteiger partial charge on any atom is -0.461 e. The second-order valence-electron chi connectivity index (χ2n) is 7.10. The fourth-order valence-electron chi connectivity index (χ4n) is 3.31. The van der Waals surface area contributed by atoms with Crippen LogP contribution in [0.25, 0.3) is 11.0 Å². The van der Waals surface area contributed by atoms with Crippen LogP contribution in [0.2, 0.25) is 0 Å². The van der Waals surface area contributed by atoms with Gasteiger partial charge in [0.1, 0.15) is 12.2 Å². The molecule has 2 N–H and O–H groups in total. The summed E-state index contributed by atoms with van der Waals surface area (Å²) in [7, 11) is 0. The number of amides is 2. The molecule has 0 bridgehead atoms. The van der Waals surface area contributed by atoms with Gasteiger partial charge in [-0.3, -0.25) is 14.9 Å². The largest absolute Gasteiger partial charge is 0.461 e. The number of carbonyl (C=O) groups excluding carboxylic acids is 3. The molecule has 2 heterocycles. The van der Waals surface area contributed by atoms with Gasteiger partial charge in [0.15, 0.2) is 0 Å². The van der Waals surface area contributed by atoms with Crippen LogP contribution in [0.15, 0.2) is 62.6 Å². The molecule has 0 unspecified atom stereocenters. The smallest absolute Gasteiger partial charge is 0.411 e. The molecule has 0 saturated carbocycles. The van der Waals surface area contributed by atoms with Crippen molar-refractivity contribution in [1.82, 2.24) is 0 Å². The van der Waals surface area contributed by atoms with Gasteiger partial charge in [-0.15, -0.1) is 11.8 Å². The summed E-state index contributed by atoms with van der Waals surface area (Å²) in [6.45, 7) is 1.74. The van der Waals surface area contributed by atoms with Crippen molar-refractivity contribution in [2.24, 2.45) is 0 Å². The van der Waals surface area contributed by atoms with E-state index in [-0.39, 0.29) is 31.1 Å². The number of benzene rings is 2. The van der Waals surface area contributed by atoms with Crippen LogP contribution in [0.4, 0.5) is 16.2 Å². The van der Waals surface area contributed by atoms with Crippen LogP contribution in [0, 0.1) is 0 Å². The molecule has 0 aliphatic carbocycles. The zero-order valence-electron chi connectivity index (χ0n) is 17.6. The third-order valence-corrected chi connectivity index (χ3v) is 6.07. The van der Waals surface area contributed by atoms with Crippen molar-refractivity contribution in [2.75, 3.05) is 17.2 Å². The van der Waals surface area contributed by atoms with Crippen molar-refractivity contribution >= 4 is 52.1 Å². The summed E-state index contributed by atoms with van der Waals surface area (Å²) >= 11 is 1.31. The Kier molecular flexibility index (Phi) is 6.64. The summed E-state index contributed by atoms with van der Waals surface area (Å²) in [6, 6.07) is 13.3. The molecule has 1 atom stereocenters. The van der Waals surface area contributed by atoms with E-state index in [1.54, 1.807) is 25.1 Å². The van der Waals surface area contributed by atoms with Gasteiger partial charge in [-0.2, -0.15) is 0 Å². The third kappa shape index (κ3) is 5.35. The minimum absolute atomic E-state index is 0.113. The summed E-state index contributed by atoms with van der Waals surface area (Å²) in [5.74, 6) is -0.827. The summed E-state index contributed by atoms with van der Waals surface area (Å²) < 4.78 is 15.4. The number of esters is 1. The van der Waals surface area contributed by atoms with Gasteiger partial charge in [0, 0.05) is 33.7 Å². The van der Waals surface area contributed by atoms with Gasteiger partial charge in [0.05, 0.1) is 24.0 Å². The molecule has 1 aliphatic rings. The molecule has 33 heavy (non-hydrogen) atoms. The number of hydrogen-bond acceptors (Lipinski definition) is 8.